The summed E-state index contributed by atoms with van der Waals surface area (Å²) in [5.74, 6) is 0. The van der Waals surface area contributed by atoms with E-state index in [2.05, 4.69) is 60.1 Å². The van der Waals surface area contributed by atoms with E-state index in [0.717, 1.165) is 66.5 Å². The molecular weight excluding hydrogens is 427 g/mol. The fourth-order valence-electron chi connectivity index (χ4n) is 6.88. The number of rotatable bonds is 0. The molecule has 0 radical (unpaired) electrons. The molecule has 0 spiro atoms. The first-order valence-electron chi connectivity index (χ1n) is 14.0. The average Bonchev–Trinajstić information content (AvgIpc) is 3.61. The van der Waals surface area contributed by atoms with Crippen LogP contribution in [-0.4, -0.2) is 15.7 Å². The molecule has 5 heterocycles. The van der Waals surface area contributed by atoms with Gasteiger partial charge in [-0.15, -0.1) is 0 Å². The first-order valence-corrected chi connectivity index (χ1v) is 12.0. The smallest absolute Gasteiger partial charge is 0.255 e. The molecule has 7 aromatic rings. The van der Waals surface area contributed by atoms with Crippen LogP contribution in [0.3, 0.4) is 0 Å². The first-order chi connectivity index (χ1) is 18.8. The standard InChI is InChI=1S/C31H21BN2O/c1-16-12-18(3)28-24(15-16)34-29-20-9-5-7-11-25(20)35-30(29)27-31(34)33(28)23-14-17(2)13-21-19-8-4-6-10-22(19)32(27)26(21)23/h4-15H,1-3H3/i4D,6D,8D,10D. The summed E-state index contributed by atoms with van der Waals surface area (Å²) in [6, 6.07) is 16.5. The predicted molar refractivity (Wildman–Crippen MR) is 146 cm³/mol. The van der Waals surface area contributed by atoms with Gasteiger partial charge >= 0.3 is 0 Å². The van der Waals surface area contributed by atoms with Crippen LogP contribution in [0.15, 0.2) is 77.1 Å². The van der Waals surface area contributed by atoms with E-state index in [4.69, 9.17) is 9.90 Å². The second-order valence-corrected chi connectivity index (χ2v) is 10.1. The van der Waals surface area contributed by atoms with Gasteiger partial charge in [-0.2, -0.15) is 0 Å². The number of nitrogens with zero attached hydrogens (tertiary/aromatic N) is 2. The fraction of sp³-hybridized carbons (Fsp3) is 0.0968. The zero-order valence-corrected chi connectivity index (χ0v) is 19.5. The number of hydrogen-bond donors (Lipinski definition) is 0. The highest BCUT2D eigenvalue weighted by atomic mass is 16.3. The maximum atomic E-state index is 9.05. The molecule has 3 nitrogen and oxygen atoms in total. The summed E-state index contributed by atoms with van der Waals surface area (Å²) >= 11 is 0. The summed E-state index contributed by atoms with van der Waals surface area (Å²) in [5, 5.41) is 1.03. The highest BCUT2D eigenvalue weighted by Crippen LogP contribution is 2.41. The van der Waals surface area contributed by atoms with Crippen LogP contribution in [0.1, 0.15) is 22.2 Å². The van der Waals surface area contributed by atoms with Gasteiger partial charge in [0.15, 0.2) is 5.58 Å². The lowest BCUT2D eigenvalue weighted by molar-refractivity contribution is 0.672. The van der Waals surface area contributed by atoms with Gasteiger partial charge in [0.1, 0.15) is 16.7 Å². The second-order valence-electron chi connectivity index (χ2n) is 10.1. The van der Waals surface area contributed by atoms with E-state index in [0.29, 0.717) is 11.0 Å². The van der Waals surface area contributed by atoms with Gasteiger partial charge in [0.05, 0.1) is 16.5 Å². The molecule has 4 aromatic carbocycles. The van der Waals surface area contributed by atoms with Crippen LogP contribution in [0, 0.1) is 20.8 Å². The van der Waals surface area contributed by atoms with Crippen molar-refractivity contribution in [2.75, 3.05) is 0 Å². The summed E-state index contributed by atoms with van der Waals surface area (Å²) in [6.07, 6.45) is 0. The van der Waals surface area contributed by atoms with Crippen molar-refractivity contribution >= 4 is 61.9 Å². The lowest BCUT2D eigenvalue weighted by Gasteiger charge is -2.23. The van der Waals surface area contributed by atoms with E-state index in [9.17, 15) is 0 Å². The third kappa shape index (κ3) is 1.91. The lowest BCUT2D eigenvalue weighted by Crippen LogP contribution is -2.53. The number of furan rings is 1. The third-order valence-corrected chi connectivity index (χ3v) is 7.99. The second kappa shape index (κ2) is 5.72. The van der Waals surface area contributed by atoms with Crippen LogP contribution >= 0.6 is 0 Å². The summed E-state index contributed by atoms with van der Waals surface area (Å²) < 4.78 is 46.3. The van der Waals surface area contributed by atoms with Gasteiger partial charge < -0.3 is 4.42 Å². The van der Waals surface area contributed by atoms with E-state index in [1.165, 1.54) is 11.1 Å². The highest BCUT2D eigenvalue weighted by molar-refractivity contribution is 7.02. The van der Waals surface area contributed by atoms with Crippen LogP contribution in [-0.2, 0) is 0 Å². The van der Waals surface area contributed by atoms with Gasteiger partial charge in [-0.05, 0) is 78.3 Å². The van der Waals surface area contributed by atoms with Gasteiger partial charge in [-0.1, -0.05) is 53.9 Å². The Kier molecular flexibility index (Phi) is 2.44. The molecular formula is C31H21BN2O. The molecule has 9 rings (SSSR count). The normalized spacial score (nSPS) is 15.1. The summed E-state index contributed by atoms with van der Waals surface area (Å²) in [4.78, 5) is 0. The Morgan fingerprint density at radius 1 is 0.857 bits per heavy atom. The number of aryl methyl sites for hydroxylation is 3. The van der Waals surface area contributed by atoms with Crippen molar-refractivity contribution in [3.05, 3.63) is 89.4 Å². The predicted octanol–water partition coefficient (Wildman–Crippen LogP) is 5.52. The fourth-order valence-corrected chi connectivity index (χ4v) is 6.88. The third-order valence-electron chi connectivity index (χ3n) is 7.99. The Bertz CT molecular complexity index is 2320. The monoisotopic (exact) mass is 452 g/mol. The first kappa shape index (κ1) is 15.0. The van der Waals surface area contributed by atoms with E-state index in [1.807, 2.05) is 18.2 Å². The Morgan fingerprint density at radius 2 is 1.69 bits per heavy atom. The minimum atomic E-state index is -0.363. The van der Waals surface area contributed by atoms with Crippen LogP contribution in [0.25, 0.3) is 55.6 Å². The van der Waals surface area contributed by atoms with E-state index >= 15 is 0 Å². The maximum Gasteiger partial charge on any atom is 0.255 e. The summed E-state index contributed by atoms with van der Waals surface area (Å²) in [6.45, 7) is 5.97. The largest absolute Gasteiger partial charge is 0.455 e. The quantitative estimate of drug-likeness (QED) is 0.278. The molecule has 0 saturated carbocycles. The van der Waals surface area contributed by atoms with E-state index < -0.39 is 0 Å². The van der Waals surface area contributed by atoms with Crippen molar-refractivity contribution in [1.82, 2.24) is 8.97 Å². The zero-order chi connectivity index (χ0) is 26.6. The van der Waals surface area contributed by atoms with Crippen molar-refractivity contribution < 1.29 is 9.90 Å². The molecule has 164 valence electrons. The zero-order valence-electron chi connectivity index (χ0n) is 23.5. The van der Waals surface area contributed by atoms with E-state index in [1.54, 1.807) is 0 Å². The van der Waals surface area contributed by atoms with E-state index in [-0.39, 0.29) is 30.9 Å². The van der Waals surface area contributed by atoms with Crippen LogP contribution < -0.4 is 16.4 Å². The Labute approximate surface area is 207 Å². The van der Waals surface area contributed by atoms with Gasteiger partial charge in [-0.3, -0.25) is 8.97 Å². The average molecular weight is 452 g/mol. The molecule has 0 fully saturated rings. The molecule has 0 saturated heterocycles. The lowest BCUT2D eigenvalue weighted by atomic mass is 9.38. The molecule has 0 atom stereocenters. The minimum Gasteiger partial charge on any atom is -0.455 e. The van der Waals surface area contributed by atoms with Crippen molar-refractivity contribution in [2.45, 2.75) is 20.8 Å². The van der Waals surface area contributed by atoms with Gasteiger partial charge in [0.2, 0.25) is 0 Å². The molecule has 0 aliphatic carbocycles. The van der Waals surface area contributed by atoms with Crippen LogP contribution in [0.2, 0.25) is 0 Å². The summed E-state index contributed by atoms with van der Waals surface area (Å²) in [5.41, 5.74) is 14.4. The molecule has 0 amide bonds. The van der Waals surface area contributed by atoms with Crippen LogP contribution in [0.5, 0.6) is 0 Å². The Morgan fingerprint density at radius 3 is 2.60 bits per heavy atom. The molecule has 2 aliphatic rings. The topological polar surface area (TPSA) is 22.5 Å². The Hall–Kier alpha value is -4.18. The molecule has 0 unspecified atom stereocenters. The summed E-state index contributed by atoms with van der Waals surface area (Å²) in [7, 11) is 0. The van der Waals surface area contributed by atoms with Crippen molar-refractivity contribution in [1.29, 1.82) is 0 Å². The Balaban J connectivity index is 1.63. The van der Waals surface area contributed by atoms with Crippen molar-refractivity contribution in [3.8, 4) is 16.8 Å². The molecule has 4 heteroatoms. The number of para-hydroxylation sites is 1. The van der Waals surface area contributed by atoms with Crippen molar-refractivity contribution in [3.63, 3.8) is 0 Å². The van der Waals surface area contributed by atoms with Crippen LogP contribution in [0.4, 0.5) is 0 Å². The number of imidazole rings is 1. The number of aromatic nitrogens is 2. The maximum absolute atomic E-state index is 9.05. The van der Waals surface area contributed by atoms with Gasteiger partial charge in [-0.25, -0.2) is 0 Å². The highest BCUT2D eigenvalue weighted by Gasteiger charge is 2.44. The SMILES string of the molecule is [2H]c1c([2H])c([2H])c2c(c1[2H])B1c3c-2cc(C)cc3-n2c3c(C)cc(C)cc3n3c4c(oc5ccccc54)c1c23. The van der Waals surface area contributed by atoms with Gasteiger partial charge in [0, 0.05) is 16.5 Å². The molecule has 2 aliphatic heterocycles. The van der Waals surface area contributed by atoms with Crippen molar-refractivity contribution in [2.24, 2.45) is 0 Å². The number of hydrogen-bond acceptors (Lipinski definition) is 1. The molecule has 3 aromatic heterocycles. The number of fused-ring (bicyclic) bond motifs is 13. The molecule has 0 N–H and O–H groups in total. The molecule has 0 bridgehead atoms. The number of benzene rings is 4. The molecule has 35 heavy (non-hydrogen) atoms. The van der Waals surface area contributed by atoms with Gasteiger partial charge in [0.25, 0.3) is 6.71 Å². The minimum absolute atomic E-state index is 0.0193.